The van der Waals surface area contributed by atoms with Gasteiger partial charge in [0.05, 0.1) is 13.2 Å². The number of nitrogens with one attached hydrogen (secondary N) is 1. The Bertz CT molecular complexity index is 318. The minimum absolute atomic E-state index is 0.157. The Hall–Kier alpha value is -0.650. The number of ether oxygens (including phenoxy) is 1. The van der Waals surface area contributed by atoms with E-state index in [4.69, 9.17) is 10.5 Å². The number of rotatable bonds is 7. The third-order valence-electron chi connectivity index (χ3n) is 4.85. The standard InChI is InChI=1S/C15H29N3O2/c1-2-7-17-15(14(16)19)6-3-4-13(15)5-8-18-9-11-20-12-10-18/h13,17H,2-12H2,1H3,(H2,16,19). The Morgan fingerprint density at radius 1 is 1.45 bits per heavy atom. The number of primary amides is 1. The molecule has 5 heteroatoms. The zero-order valence-electron chi connectivity index (χ0n) is 12.7. The molecular weight excluding hydrogens is 254 g/mol. The molecule has 2 rings (SSSR count). The largest absolute Gasteiger partial charge is 0.379 e. The van der Waals surface area contributed by atoms with Gasteiger partial charge in [-0.1, -0.05) is 13.3 Å². The molecule has 20 heavy (non-hydrogen) atoms. The number of morpholine rings is 1. The predicted octanol–water partition coefficient (Wildman–Crippen LogP) is 0.733. The summed E-state index contributed by atoms with van der Waals surface area (Å²) >= 11 is 0. The van der Waals surface area contributed by atoms with E-state index >= 15 is 0 Å². The minimum atomic E-state index is -0.456. The van der Waals surface area contributed by atoms with Crippen LogP contribution in [0.25, 0.3) is 0 Å². The van der Waals surface area contributed by atoms with Gasteiger partial charge in [0.25, 0.3) is 0 Å². The van der Waals surface area contributed by atoms with Crippen LogP contribution in [0.2, 0.25) is 0 Å². The van der Waals surface area contributed by atoms with Crippen molar-refractivity contribution in [2.75, 3.05) is 39.4 Å². The van der Waals surface area contributed by atoms with Crippen LogP contribution in [0.1, 0.15) is 39.0 Å². The maximum absolute atomic E-state index is 12.0. The summed E-state index contributed by atoms with van der Waals surface area (Å²) in [6.07, 6.45) is 5.21. The fourth-order valence-corrected chi connectivity index (χ4v) is 3.62. The van der Waals surface area contributed by atoms with Crippen LogP contribution in [0.3, 0.4) is 0 Å². The number of nitrogens with zero attached hydrogens (tertiary/aromatic N) is 1. The van der Waals surface area contributed by atoms with E-state index in [9.17, 15) is 4.79 Å². The van der Waals surface area contributed by atoms with E-state index in [2.05, 4.69) is 17.1 Å². The molecule has 2 fully saturated rings. The second-order valence-electron chi connectivity index (χ2n) is 6.09. The first kappa shape index (κ1) is 15.7. The van der Waals surface area contributed by atoms with Crippen molar-refractivity contribution in [3.8, 4) is 0 Å². The monoisotopic (exact) mass is 283 g/mol. The lowest BCUT2D eigenvalue weighted by atomic mass is 9.83. The van der Waals surface area contributed by atoms with Gasteiger partial charge in [-0.05, 0) is 44.7 Å². The average molecular weight is 283 g/mol. The number of hydrogen-bond donors (Lipinski definition) is 2. The second-order valence-corrected chi connectivity index (χ2v) is 6.09. The first-order chi connectivity index (χ1) is 9.69. The van der Waals surface area contributed by atoms with Gasteiger partial charge >= 0.3 is 0 Å². The van der Waals surface area contributed by atoms with Crippen molar-refractivity contribution in [2.24, 2.45) is 11.7 Å². The molecule has 0 bridgehead atoms. The molecule has 3 N–H and O–H groups in total. The van der Waals surface area contributed by atoms with E-state index < -0.39 is 5.54 Å². The van der Waals surface area contributed by atoms with Crippen molar-refractivity contribution in [1.29, 1.82) is 0 Å². The first-order valence-corrected chi connectivity index (χ1v) is 8.04. The SMILES string of the molecule is CCCNC1(C(N)=O)CCCC1CCN1CCOCC1. The van der Waals surface area contributed by atoms with Crippen molar-refractivity contribution in [1.82, 2.24) is 10.2 Å². The summed E-state index contributed by atoms with van der Waals surface area (Å²) in [5, 5.41) is 3.46. The maximum Gasteiger partial charge on any atom is 0.238 e. The van der Waals surface area contributed by atoms with E-state index in [1.54, 1.807) is 0 Å². The summed E-state index contributed by atoms with van der Waals surface area (Å²) in [7, 11) is 0. The van der Waals surface area contributed by atoms with Crippen LogP contribution in [-0.4, -0.2) is 55.7 Å². The molecule has 0 aromatic rings. The highest BCUT2D eigenvalue weighted by Gasteiger charge is 2.46. The van der Waals surface area contributed by atoms with Crippen molar-refractivity contribution in [2.45, 2.75) is 44.6 Å². The second kappa shape index (κ2) is 7.38. The van der Waals surface area contributed by atoms with Crippen LogP contribution < -0.4 is 11.1 Å². The van der Waals surface area contributed by atoms with E-state index in [0.717, 1.165) is 71.5 Å². The van der Waals surface area contributed by atoms with Crippen molar-refractivity contribution < 1.29 is 9.53 Å². The number of amides is 1. The van der Waals surface area contributed by atoms with Crippen molar-refractivity contribution >= 4 is 5.91 Å². The van der Waals surface area contributed by atoms with Crippen LogP contribution >= 0.6 is 0 Å². The van der Waals surface area contributed by atoms with Crippen LogP contribution in [0, 0.1) is 5.92 Å². The Morgan fingerprint density at radius 3 is 2.85 bits per heavy atom. The van der Waals surface area contributed by atoms with E-state index in [1.165, 1.54) is 0 Å². The summed E-state index contributed by atoms with van der Waals surface area (Å²) in [6, 6.07) is 0. The molecule has 1 aliphatic carbocycles. The first-order valence-electron chi connectivity index (χ1n) is 8.04. The molecule has 5 nitrogen and oxygen atoms in total. The average Bonchev–Trinajstić information content (AvgIpc) is 2.88. The Kier molecular flexibility index (Phi) is 5.81. The molecular formula is C15H29N3O2. The molecule has 0 spiro atoms. The van der Waals surface area contributed by atoms with Crippen molar-refractivity contribution in [3.63, 3.8) is 0 Å². The summed E-state index contributed by atoms with van der Waals surface area (Å²) in [5.74, 6) is 0.227. The van der Waals surface area contributed by atoms with Gasteiger partial charge in [-0.25, -0.2) is 0 Å². The van der Waals surface area contributed by atoms with Gasteiger partial charge in [-0.15, -0.1) is 0 Å². The summed E-state index contributed by atoms with van der Waals surface area (Å²) in [4.78, 5) is 14.5. The lowest BCUT2D eigenvalue weighted by molar-refractivity contribution is -0.126. The summed E-state index contributed by atoms with van der Waals surface area (Å²) < 4.78 is 5.38. The third kappa shape index (κ3) is 3.51. The fraction of sp³-hybridized carbons (Fsp3) is 0.933. The molecule has 116 valence electrons. The summed E-state index contributed by atoms with van der Waals surface area (Å²) in [6.45, 7) is 7.74. The minimum Gasteiger partial charge on any atom is -0.379 e. The van der Waals surface area contributed by atoms with E-state index in [1.807, 2.05) is 0 Å². The molecule has 0 radical (unpaired) electrons. The highest BCUT2D eigenvalue weighted by molar-refractivity contribution is 5.85. The molecule has 1 heterocycles. The molecule has 1 saturated heterocycles. The zero-order chi connectivity index (χ0) is 14.4. The molecule has 2 unspecified atom stereocenters. The molecule has 2 atom stereocenters. The predicted molar refractivity (Wildman–Crippen MR) is 79.4 cm³/mol. The number of hydrogen-bond acceptors (Lipinski definition) is 4. The van der Waals surface area contributed by atoms with Gasteiger partial charge < -0.3 is 15.8 Å². The maximum atomic E-state index is 12.0. The topological polar surface area (TPSA) is 67.6 Å². The fourth-order valence-electron chi connectivity index (χ4n) is 3.62. The number of nitrogens with two attached hydrogens (primary N) is 1. The van der Waals surface area contributed by atoms with Gasteiger partial charge in [-0.3, -0.25) is 9.69 Å². The Morgan fingerprint density at radius 2 is 2.20 bits per heavy atom. The lowest BCUT2D eigenvalue weighted by Crippen LogP contribution is -2.58. The Labute approximate surface area is 122 Å². The third-order valence-corrected chi connectivity index (χ3v) is 4.85. The van der Waals surface area contributed by atoms with E-state index in [-0.39, 0.29) is 5.91 Å². The van der Waals surface area contributed by atoms with Crippen molar-refractivity contribution in [3.05, 3.63) is 0 Å². The quantitative estimate of drug-likeness (QED) is 0.723. The van der Waals surface area contributed by atoms with Crippen LogP contribution in [-0.2, 0) is 9.53 Å². The smallest absolute Gasteiger partial charge is 0.238 e. The zero-order valence-corrected chi connectivity index (χ0v) is 12.7. The highest BCUT2D eigenvalue weighted by Crippen LogP contribution is 2.38. The van der Waals surface area contributed by atoms with Gasteiger partial charge in [-0.2, -0.15) is 0 Å². The van der Waals surface area contributed by atoms with Gasteiger partial charge in [0, 0.05) is 13.1 Å². The van der Waals surface area contributed by atoms with Crippen LogP contribution in [0.5, 0.6) is 0 Å². The molecule has 1 amide bonds. The van der Waals surface area contributed by atoms with Gasteiger partial charge in [0.1, 0.15) is 5.54 Å². The Balaban J connectivity index is 1.91. The molecule has 2 aliphatic rings. The lowest BCUT2D eigenvalue weighted by Gasteiger charge is -2.35. The molecule has 1 aliphatic heterocycles. The molecule has 0 aromatic heterocycles. The van der Waals surface area contributed by atoms with Gasteiger partial charge in [0.15, 0.2) is 0 Å². The van der Waals surface area contributed by atoms with Crippen LogP contribution in [0.4, 0.5) is 0 Å². The highest BCUT2D eigenvalue weighted by atomic mass is 16.5. The normalized spacial score (nSPS) is 31.6. The number of carbonyl (C=O) groups excluding carboxylic acids is 1. The van der Waals surface area contributed by atoms with E-state index in [0.29, 0.717) is 5.92 Å². The van der Waals surface area contributed by atoms with Crippen LogP contribution in [0.15, 0.2) is 0 Å². The van der Waals surface area contributed by atoms with Gasteiger partial charge in [0.2, 0.25) is 5.91 Å². The molecule has 0 aromatic carbocycles. The number of carbonyl (C=O) groups is 1. The molecule has 1 saturated carbocycles. The summed E-state index contributed by atoms with van der Waals surface area (Å²) in [5.41, 5.74) is 5.28.